The quantitative estimate of drug-likeness (QED) is 0.705. The zero-order valence-electron chi connectivity index (χ0n) is 7.01. The molecule has 0 radical (unpaired) electrons. The van der Waals surface area contributed by atoms with Gasteiger partial charge in [-0.1, -0.05) is 11.6 Å². The van der Waals surface area contributed by atoms with Crippen molar-refractivity contribution in [1.82, 2.24) is 0 Å². The highest BCUT2D eigenvalue weighted by Crippen LogP contribution is 2.25. The van der Waals surface area contributed by atoms with Crippen molar-refractivity contribution in [2.24, 2.45) is 0 Å². The van der Waals surface area contributed by atoms with Crippen LogP contribution in [0.2, 0.25) is 5.02 Å². The molecule has 70 valence electrons. The molecule has 0 N–H and O–H groups in total. The molecular formula is C9H8ClFO2. The Kier molecular flexibility index (Phi) is 3.25. The van der Waals surface area contributed by atoms with E-state index in [2.05, 4.69) is 0 Å². The summed E-state index contributed by atoms with van der Waals surface area (Å²) in [6.07, 6.45) is 0.514. The molecule has 0 unspecified atom stereocenters. The molecule has 0 bridgehead atoms. The molecule has 0 fully saturated rings. The lowest BCUT2D eigenvalue weighted by molar-refractivity contribution is 0.111. The maximum atomic E-state index is 13.1. The van der Waals surface area contributed by atoms with Crippen LogP contribution in [0.15, 0.2) is 12.1 Å². The van der Waals surface area contributed by atoms with Crippen LogP contribution in [-0.4, -0.2) is 12.9 Å². The van der Waals surface area contributed by atoms with Crippen molar-refractivity contribution in [3.63, 3.8) is 0 Å². The van der Waals surface area contributed by atoms with E-state index in [1.807, 2.05) is 0 Å². The zero-order chi connectivity index (χ0) is 9.84. The van der Waals surface area contributed by atoms with Gasteiger partial charge in [0.05, 0.1) is 12.2 Å². The van der Waals surface area contributed by atoms with Gasteiger partial charge in [-0.2, -0.15) is 0 Å². The molecule has 1 rings (SSSR count). The van der Waals surface area contributed by atoms with Crippen LogP contribution in [0.4, 0.5) is 4.39 Å². The molecule has 0 atom stereocenters. The number of rotatable bonds is 3. The highest BCUT2D eigenvalue weighted by Gasteiger charge is 2.10. The first-order chi connectivity index (χ1) is 6.19. The number of hydrogen-bond donors (Lipinski definition) is 0. The van der Waals surface area contributed by atoms with Gasteiger partial charge in [0.1, 0.15) is 0 Å². The second-order valence-electron chi connectivity index (χ2n) is 2.36. The number of ether oxygens (including phenoxy) is 1. The molecule has 4 heteroatoms. The van der Waals surface area contributed by atoms with Crippen LogP contribution in [0, 0.1) is 5.82 Å². The first kappa shape index (κ1) is 9.99. The van der Waals surface area contributed by atoms with Crippen molar-refractivity contribution in [3.05, 3.63) is 28.5 Å². The molecule has 0 aliphatic rings. The minimum Gasteiger partial charge on any atom is -0.490 e. The van der Waals surface area contributed by atoms with E-state index in [1.54, 1.807) is 6.92 Å². The van der Waals surface area contributed by atoms with Gasteiger partial charge in [0.25, 0.3) is 0 Å². The Hall–Kier alpha value is -1.09. The molecule has 0 aliphatic carbocycles. The van der Waals surface area contributed by atoms with E-state index in [4.69, 9.17) is 16.3 Å². The van der Waals surface area contributed by atoms with Crippen molar-refractivity contribution < 1.29 is 13.9 Å². The smallest absolute Gasteiger partial charge is 0.167 e. The molecule has 13 heavy (non-hydrogen) atoms. The van der Waals surface area contributed by atoms with Crippen LogP contribution in [0.3, 0.4) is 0 Å². The molecule has 0 saturated heterocycles. The van der Waals surface area contributed by atoms with Crippen molar-refractivity contribution in [2.75, 3.05) is 6.61 Å². The van der Waals surface area contributed by atoms with Gasteiger partial charge in [0.15, 0.2) is 17.9 Å². The number of carbonyl (C=O) groups excluding carboxylic acids is 1. The molecule has 2 nitrogen and oxygen atoms in total. The fourth-order valence-electron chi connectivity index (χ4n) is 0.964. The summed E-state index contributed by atoms with van der Waals surface area (Å²) in [6, 6.07) is 2.47. The van der Waals surface area contributed by atoms with Crippen molar-refractivity contribution in [1.29, 1.82) is 0 Å². The van der Waals surface area contributed by atoms with E-state index < -0.39 is 5.82 Å². The van der Waals surface area contributed by atoms with Crippen LogP contribution in [0.5, 0.6) is 5.75 Å². The SMILES string of the molecule is CCOc1c(F)cc(Cl)cc1C=O. The Bertz CT molecular complexity index is 326. The first-order valence-electron chi connectivity index (χ1n) is 3.76. The number of aldehydes is 1. The topological polar surface area (TPSA) is 26.3 Å². The second-order valence-corrected chi connectivity index (χ2v) is 2.79. The predicted octanol–water partition coefficient (Wildman–Crippen LogP) is 2.69. The summed E-state index contributed by atoms with van der Waals surface area (Å²) in [4.78, 5) is 10.5. The summed E-state index contributed by atoms with van der Waals surface area (Å²) in [5, 5.41) is 0.183. The number of carbonyl (C=O) groups is 1. The lowest BCUT2D eigenvalue weighted by atomic mass is 10.2. The van der Waals surface area contributed by atoms with Gasteiger partial charge >= 0.3 is 0 Å². The minimum atomic E-state index is -0.614. The van der Waals surface area contributed by atoms with Crippen molar-refractivity contribution in [2.45, 2.75) is 6.92 Å². The fourth-order valence-corrected chi connectivity index (χ4v) is 1.18. The van der Waals surface area contributed by atoms with Crippen LogP contribution in [-0.2, 0) is 0 Å². The standard InChI is InChI=1S/C9H8ClFO2/c1-2-13-9-6(5-12)3-7(10)4-8(9)11/h3-5H,2H2,1H3. The van der Waals surface area contributed by atoms with Crippen molar-refractivity contribution in [3.8, 4) is 5.75 Å². The Morgan fingerprint density at radius 1 is 1.62 bits per heavy atom. The van der Waals surface area contributed by atoms with Gasteiger partial charge in [0.2, 0.25) is 0 Å². The molecule has 0 aromatic heterocycles. The molecule has 0 saturated carbocycles. The normalized spacial score (nSPS) is 9.77. The Morgan fingerprint density at radius 3 is 2.85 bits per heavy atom. The third-order valence-corrected chi connectivity index (χ3v) is 1.67. The molecular weight excluding hydrogens is 195 g/mol. The predicted molar refractivity (Wildman–Crippen MR) is 48.0 cm³/mol. The van der Waals surface area contributed by atoms with E-state index in [9.17, 15) is 9.18 Å². The molecule has 0 spiro atoms. The maximum absolute atomic E-state index is 13.1. The summed E-state index contributed by atoms with van der Waals surface area (Å²) in [5.74, 6) is -0.654. The average Bonchev–Trinajstić information content (AvgIpc) is 2.09. The Balaban J connectivity index is 3.21. The average molecular weight is 203 g/mol. The van der Waals surface area contributed by atoms with Gasteiger partial charge in [-0.15, -0.1) is 0 Å². The lowest BCUT2D eigenvalue weighted by Gasteiger charge is -2.07. The highest BCUT2D eigenvalue weighted by molar-refractivity contribution is 6.30. The van der Waals surface area contributed by atoms with E-state index >= 15 is 0 Å². The summed E-state index contributed by atoms with van der Waals surface area (Å²) in [6.45, 7) is 2.02. The summed E-state index contributed by atoms with van der Waals surface area (Å²) < 4.78 is 18.1. The fraction of sp³-hybridized carbons (Fsp3) is 0.222. The zero-order valence-corrected chi connectivity index (χ0v) is 7.77. The van der Waals surface area contributed by atoms with Gasteiger partial charge in [-0.3, -0.25) is 4.79 Å². The van der Waals surface area contributed by atoms with Crippen LogP contribution >= 0.6 is 11.6 Å². The maximum Gasteiger partial charge on any atom is 0.167 e. The third kappa shape index (κ3) is 2.18. The highest BCUT2D eigenvalue weighted by atomic mass is 35.5. The summed E-state index contributed by atoms with van der Waals surface area (Å²) >= 11 is 5.55. The number of benzene rings is 1. The van der Waals surface area contributed by atoms with Gasteiger partial charge < -0.3 is 4.74 Å². The number of halogens is 2. The monoisotopic (exact) mass is 202 g/mol. The number of hydrogen-bond acceptors (Lipinski definition) is 2. The van der Waals surface area contributed by atoms with Gasteiger partial charge in [-0.05, 0) is 19.1 Å². The first-order valence-corrected chi connectivity index (χ1v) is 4.13. The van der Waals surface area contributed by atoms with Crippen LogP contribution in [0.25, 0.3) is 0 Å². The van der Waals surface area contributed by atoms with Crippen molar-refractivity contribution >= 4 is 17.9 Å². The third-order valence-electron chi connectivity index (χ3n) is 1.45. The van der Waals surface area contributed by atoms with E-state index in [-0.39, 0.29) is 16.3 Å². The summed E-state index contributed by atoms with van der Waals surface area (Å²) in [7, 11) is 0. The molecule has 0 amide bonds. The largest absolute Gasteiger partial charge is 0.490 e. The van der Waals surface area contributed by atoms with Gasteiger partial charge in [-0.25, -0.2) is 4.39 Å². The van der Waals surface area contributed by atoms with Gasteiger partial charge in [0, 0.05) is 5.02 Å². The lowest BCUT2D eigenvalue weighted by Crippen LogP contribution is -1.99. The molecule has 1 aromatic carbocycles. The Labute approximate surface area is 80.3 Å². The van der Waals surface area contributed by atoms with Crippen LogP contribution in [0.1, 0.15) is 17.3 Å². The van der Waals surface area contributed by atoms with E-state index in [0.29, 0.717) is 12.9 Å². The second kappa shape index (κ2) is 4.23. The summed E-state index contributed by atoms with van der Waals surface area (Å²) in [5.41, 5.74) is 0.131. The van der Waals surface area contributed by atoms with E-state index in [0.717, 1.165) is 6.07 Å². The molecule has 0 heterocycles. The molecule has 1 aromatic rings. The Morgan fingerprint density at radius 2 is 2.31 bits per heavy atom. The molecule has 0 aliphatic heterocycles. The van der Waals surface area contributed by atoms with Crippen LogP contribution < -0.4 is 4.74 Å². The minimum absolute atomic E-state index is 0.0399. The van der Waals surface area contributed by atoms with E-state index in [1.165, 1.54) is 6.07 Å².